The van der Waals surface area contributed by atoms with Crippen LogP contribution in [0.15, 0.2) is 18.2 Å². The number of Topliss-reactive ketones (excluding diaryl/α,β-unsaturated/α-hetero) is 1. The summed E-state index contributed by atoms with van der Waals surface area (Å²) in [5.41, 5.74) is 2.33. The van der Waals surface area contributed by atoms with E-state index < -0.39 is 0 Å². The van der Waals surface area contributed by atoms with Gasteiger partial charge in [0.15, 0.2) is 5.78 Å². The Balaban J connectivity index is 2.86. The van der Waals surface area contributed by atoms with Crippen LogP contribution in [0.5, 0.6) is 0 Å². The summed E-state index contributed by atoms with van der Waals surface area (Å²) in [4.78, 5) is 23.2. The Morgan fingerprint density at radius 2 is 2.06 bits per heavy atom. The van der Waals surface area contributed by atoms with Crippen molar-refractivity contribution in [1.29, 1.82) is 0 Å². The monoisotopic (exact) mass is 268 g/mol. The molecular weight excluding hydrogens is 252 g/mol. The van der Waals surface area contributed by atoms with Gasteiger partial charge in [0.05, 0.1) is 13.0 Å². The second-order valence-electron chi connectivity index (χ2n) is 3.99. The van der Waals surface area contributed by atoms with Gasteiger partial charge >= 0.3 is 5.97 Å². The van der Waals surface area contributed by atoms with Gasteiger partial charge in [-0.3, -0.25) is 9.59 Å². The number of rotatable bonds is 6. The van der Waals surface area contributed by atoms with E-state index in [1.165, 1.54) is 0 Å². The average Bonchev–Trinajstić information content (AvgIpc) is 2.32. The SMILES string of the molecule is CCOC(=O)Cc1ccc(C)c(C(=O)CCCl)c1. The fraction of sp³-hybridized carbons (Fsp3) is 0.429. The van der Waals surface area contributed by atoms with Gasteiger partial charge in [0.25, 0.3) is 0 Å². The van der Waals surface area contributed by atoms with E-state index in [4.69, 9.17) is 16.3 Å². The van der Waals surface area contributed by atoms with Crippen LogP contribution >= 0.6 is 11.6 Å². The minimum atomic E-state index is -0.280. The van der Waals surface area contributed by atoms with Crippen LogP contribution in [0.1, 0.15) is 34.8 Å². The summed E-state index contributed by atoms with van der Waals surface area (Å²) in [5, 5.41) is 0. The molecule has 0 radical (unpaired) electrons. The number of ether oxygens (including phenoxy) is 1. The molecular formula is C14H17ClO3. The zero-order valence-electron chi connectivity index (χ0n) is 10.7. The normalized spacial score (nSPS) is 10.2. The number of hydrogen-bond acceptors (Lipinski definition) is 3. The minimum Gasteiger partial charge on any atom is -0.466 e. The van der Waals surface area contributed by atoms with Crippen LogP contribution in [-0.4, -0.2) is 24.2 Å². The van der Waals surface area contributed by atoms with Gasteiger partial charge in [0.2, 0.25) is 0 Å². The highest BCUT2D eigenvalue weighted by molar-refractivity contribution is 6.19. The van der Waals surface area contributed by atoms with Gasteiger partial charge in [0.1, 0.15) is 0 Å². The van der Waals surface area contributed by atoms with Crippen molar-refractivity contribution in [2.24, 2.45) is 0 Å². The first-order chi connectivity index (χ1) is 8.58. The number of alkyl halides is 1. The molecule has 0 unspecified atom stereocenters. The molecule has 1 aromatic carbocycles. The first-order valence-electron chi connectivity index (χ1n) is 5.92. The number of halogens is 1. The van der Waals surface area contributed by atoms with Gasteiger partial charge in [-0.1, -0.05) is 12.1 Å². The van der Waals surface area contributed by atoms with E-state index in [-0.39, 0.29) is 18.2 Å². The summed E-state index contributed by atoms with van der Waals surface area (Å²) in [5.74, 6) is 0.0331. The van der Waals surface area contributed by atoms with Crippen molar-refractivity contribution in [1.82, 2.24) is 0 Å². The summed E-state index contributed by atoms with van der Waals surface area (Å²) in [6.07, 6.45) is 0.501. The molecule has 1 rings (SSSR count). The molecule has 4 heteroatoms. The van der Waals surface area contributed by atoms with Crippen LogP contribution in [0.3, 0.4) is 0 Å². The molecule has 1 aromatic rings. The number of carbonyl (C=O) groups is 2. The molecule has 0 saturated carbocycles. The number of ketones is 1. The third-order valence-corrected chi connectivity index (χ3v) is 2.77. The van der Waals surface area contributed by atoms with Crippen LogP contribution in [0.2, 0.25) is 0 Å². The molecule has 3 nitrogen and oxygen atoms in total. The lowest BCUT2D eigenvalue weighted by Gasteiger charge is -2.07. The van der Waals surface area contributed by atoms with Crippen molar-refractivity contribution in [3.05, 3.63) is 34.9 Å². The van der Waals surface area contributed by atoms with Crippen molar-refractivity contribution in [2.45, 2.75) is 26.7 Å². The zero-order chi connectivity index (χ0) is 13.5. The standard InChI is InChI=1S/C14H17ClO3/c1-3-18-14(17)9-11-5-4-10(2)12(8-11)13(16)6-7-15/h4-5,8H,3,6-7,9H2,1-2H3. The summed E-state index contributed by atoms with van der Waals surface area (Å²) < 4.78 is 4.88. The smallest absolute Gasteiger partial charge is 0.310 e. The predicted molar refractivity (Wildman–Crippen MR) is 71.2 cm³/mol. The molecule has 18 heavy (non-hydrogen) atoms. The Bertz CT molecular complexity index is 441. The van der Waals surface area contributed by atoms with Gasteiger partial charge in [-0.2, -0.15) is 0 Å². The molecule has 0 aliphatic rings. The second kappa shape index (κ2) is 7.17. The van der Waals surface area contributed by atoms with Crippen LogP contribution in [0.4, 0.5) is 0 Å². The molecule has 0 heterocycles. The van der Waals surface area contributed by atoms with Gasteiger partial charge in [0, 0.05) is 17.9 Å². The Kier molecular flexibility index (Phi) is 5.86. The van der Waals surface area contributed by atoms with Crippen LogP contribution in [0.25, 0.3) is 0 Å². The van der Waals surface area contributed by atoms with Gasteiger partial charge in [-0.15, -0.1) is 11.6 Å². The largest absolute Gasteiger partial charge is 0.466 e. The summed E-state index contributed by atoms with van der Waals surface area (Å²) >= 11 is 5.57. The van der Waals surface area contributed by atoms with Crippen LogP contribution in [-0.2, 0) is 16.0 Å². The quantitative estimate of drug-likeness (QED) is 0.453. The van der Waals surface area contributed by atoms with Gasteiger partial charge < -0.3 is 4.74 Å². The molecule has 0 amide bonds. The maximum Gasteiger partial charge on any atom is 0.310 e. The van der Waals surface area contributed by atoms with Crippen molar-refractivity contribution in [2.75, 3.05) is 12.5 Å². The fourth-order valence-electron chi connectivity index (χ4n) is 1.68. The molecule has 0 saturated heterocycles. The van der Waals surface area contributed by atoms with Gasteiger partial charge in [-0.25, -0.2) is 0 Å². The molecule has 0 N–H and O–H groups in total. The Hall–Kier alpha value is -1.35. The second-order valence-corrected chi connectivity index (χ2v) is 4.37. The van der Waals surface area contributed by atoms with E-state index >= 15 is 0 Å². The highest BCUT2D eigenvalue weighted by Crippen LogP contribution is 2.14. The summed E-state index contributed by atoms with van der Waals surface area (Å²) in [6.45, 7) is 4.00. The van der Waals surface area contributed by atoms with Crippen molar-refractivity contribution < 1.29 is 14.3 Å². The Labute approximate surface area is 112 Å². The van der Waals surface area contributed by atoms with E-state index in [9.17, 15) is 9.59 Å². The molecule has 0 fully saturated rings. The maximum absolute atomic E-state index is 11.8. The Morgan fingerprint density at radius 1 is 1.33 bits per heavy atom. The fourth-order valence-corrected chi connectivity index (χ4v) is 1.85. The van der Waals surface area contributed by atoms with E-state index in [0.717, 1.165) is 11.1 Å². The lowest BCUT2D eigenvalue weighted by molar-refractivity contribution is -0.142. The van der Waals surface area contributed by atoms with E-state index in [0.29, 0.717) is 24.5 Å². The topological polar surface area (TPSA) is 43.4 Å². The number of aryl methyl sites for hydroxylation is 1. The summed E-state index contributed by atoms with van der Waals surface area (Å²) in [6, 6.07) is 5.43. The van der Waals surface area contributed by atoms with Crippen molar-refractivity contribution in [3.8, 4) is 0 Å². The Morgan fingerprint density at radius 3 is 2.67 bits per heavy atom. The molecule has 0 spiro atoms. The van der Waals surface area contributed by atoms with Gasteiger partial charge in [-0.05, 0) is 31.0 Å². The number of benzene rings is 1. The molecule has 98 valence electrons. The average molecular weight is 269 g/mol. The lowest BCUT2D eigenvalue weighted by Crippen LogP contribution is -2.09. The lowest BCUT2D eigenvalue weighted by atomic mass is 9.99. The number of esters is 1. The third-order valence-electron chi connectivity index (χ3n) is 2.58. The van der Waals surface area contributed by atoms with E-state index in [1.807, 2.05) is 19.1 Å². The van der Waals surface area contributed by atoms with Crippen LogP contribution in [0, 0.1) is 6.92 Å². The summed E-state index contributed by atoms with van der Waals surface area (Å²) in [7, 11) is 0. The number of hydrogen-bond donors (Lipinski definition) is 0. The highest BCUT2D eigenvalue weighted by Gasteiger charge is 2.11. The van der Waals surface area contributed by atoms with Crippen LogP contribution < -0.4 is 0 Å². The number of carbonyl (C=O) groups excluding carboxylic acids is 2. The van der Waals surface area contributed by atoms with Crippen molar-refractivity contribution in [3.63, 3.8) is 0 Å². The highest BCUT2D eigenvalue weighted by atomic mass is 35.5. The van der Waals surface area contributed by atoms with E-state index in [1.54, 1.807) is 13.0 Å². The first-order valence-corrected chi connectivity index (χ1v) is 6.46. The molecule has 0 aliphatic carbocycles. The molecule has 0 aromatic heterocycles. The van der Waals surface area contributed by atoms with E-state index in [2.05, 4.69) is 0 Å². The molecule has 0 atom stereocenters. The maximum atomic E-state index is 11.8. The first kappa shape index (κ1) is 14.7. The van der Waals surface area contributed by atoms with Crippen molar-refractivity contribution >= 4 is 23.4 Å². The molecule has 0 aliphatic heterocycles. The predicted octanol–water partition coefficient (Wildman–Crippen LogP) is 2.91. The third kappa shape index (κ3) is 4.15. The minimum absolute atomic E-state index is 0.00760. The molecule has 0 bridgehead atoms. The zero-order valence-corrected chi connectivity index (χ0v) is 11.4.